The summed E-state index contributed by atoms with van der Waals surface area (Å²) < 4.78 is 10.1. The van der Waals surface area contributed by atoms with Gasteiger partial charge in [0.05, 0.1) is 0 Å². The largest absolute Gasteiger partial charge is 0.514 e. The van der Waals surface area contributed by atoms with Gasteiger partial charge in [-0.15, -0.1) is 0 Å². The van der Waals surface area contributed by atoms with Crippen molar-refractivity contribution in [2.75, 3.05) is 0 Å². The van der Waals surface area contributed by atoms with Crippen LogP contribution in [0.4, 0.5) is 4.79 Å². The maximum Gasteiger partial charge on any atom is 0.514 e. The second-order valence-corrected chi connectivity index (χ2v) is 4.53. The minimum atomic E-state index is -1.14. The summed E-state index contributed by atoms with van der Waals surface area (Å²) in [4.78, 5) is 22.6. The summed E-state index contributed by atoms with van der Waals surface area (Å²) >= 11 is 0. The molecule has 0 aliphatic heterocycles. The zero-order valence-electron chi connectivity index (χ0n) is 10.5. The van der Waals surface area contributed by atoms with Crippen LogP contribution in [0.5, 0.6) is 5.75 Å². The van der Waals surface area contributed by atoms with Gasteiger partial charge in [0.2, 0.25) is 0 Å². The fraction of sp³-hybridized carbons (Fsp3) is 0.429. The van der Waals surface area contributed by atoms with Gasteiger partial charge in [-0.05, 0) is 37.8 Å². The zero-order valence-corrected chi connectivity index (χ0v) is 10.5. The predicted octanol–water partition coefficient (Wildman–Crippen LogP) is 3.23. The second kappa shape index (κ2) is 6.22. The molecule has 0 aromatic heterocycles. The molecule has 1 aromatic carbocycles. The van der Waals surface area contributed by atoms with Gasteiger partial charge in [0.25, 0.3) is 0 Å². The monoisotopic (exact) mass is 264 g/mol. The Hall–Kier alpha value is -2.04. The standard InChI is InChI=1S/C14H16O5/c15-13(16)11-8-4-5-9-12(11)19-14(17)18-10-6-2-1-3-7-10/h4-5,8-10H,1-3,6-7H2,(H,15,16). The molecule has 0 heterocycles. The lowest BCUT2D eigenvalue weighted by Crippen LogP contribution is -2.23. The molecule has 1 aliphatic carbocycles. The quantitative estimate of drug-likeness (QED) is 0.670. The number of ether oxygens (including phenoxy) is 2. The molecule has 1 saturated carbocycles. The normalized spacial score (nSPS) is 15.8. The van der Waals surface area contributed by atoms with E-state index in [4.69, 9.17) is 14.6 Å². The number of carbonyl (C=O) groups excluding carboxylic acids is 1. The van der Waals surface area contributed by atoms with Crippen LogP contribution in [-0.4, -0.2) is 23.3 Å². The number of benzene rings is 1. The minimum absolute atomic E-state index is 0.0100. The van der Waals surface area contributed by atoms with Gasteiger partial charge in [-0.1, -0.05) is 18.6 Å². The lowest BCUT2D eigenvalue weighted by molar-refractivity contribution is 0.0412. The molecule has 0 spiro atoms. The maximum absolute atomic E-state index is 11.6. The van der Waals surface area contributed by atoms with E-state index in [1.807, 2.05) is 0 Å². The van der Waals surface area contributed by atoms with Gasteiger partial charge < -0.3 is 14.6 Å². The van der Waals surface area contributed by atoms with Crippen molar-refractivity contribution in [1.29, 1.82) is 0 Å². The van der Waals surface area contributed by atoms with Crippen molar-refractivity contribution in [3.8, 4) is 5.75 Å². The summed E-state index contributed by atoms with van der Waals surface area (Å²) in [5.41, 5.74) is -0.0527. The highest BCUT2D eigenvalue weighted by Gasteiger charge is 2.20. The molecule has 0 atom stereocenters. The second-order valence-electron chi connectivity index (χ2n) is 4.53. The SMILES string of the molecule is O=C(Oc1ccccc1C(=O)O)OC1CCCCC1. The summed E-state index contributed by atoms with van der Waals surface area (Å²) in [7, 11) is 0. The molecule has 1 aromatic rings. The summed E-state index contributed by atoms with van der Waals surface area (Å²) in [6.07, 6.45) is 3.99. The van der Waals surface area contributed by atoms with E-state index in [-0.39, 0.29) is 17.4 Å². The maximum atomic E-state index is 11.6. The van der Waals surface area contributed by atoms with E-state index in [1.165, 1.54) is 12.1 Å². The van der Waals surface area contributed by atoms with E-state index in [0.717, 1.165) is 32.1 Å². The molecule has 2 rings (SSSR count). The molecular weight excluding hydrogens is 248 g/mol. The third-order valence-corrected chi connectivity index (χ3v) is 3.13. The van der Waals surface area contributed by atoms with Crippen molar-refractivity contribution in [3.05, 3.63) is 29.8 Å². The van der Waals surface area contributed by atoms with E-state index >= 15 is 0 Å². The molecule has 19 heavy (non-hydrogen) atoms. The average Bonchev–Trinajstić information content (AvgIpc) is 2.40. The van der Waals surface area contributed by atoms with Crippen LogP contribution < -0.4 is 4.74 Å². The number of para-hydroxylation sites is 1. The molecule has 5 nitrogen and oxygen atoms in total. The van der Waals surface area contributed by atoms with Gasteiger partial charge in [-0.3, -0.25) is 0 Å². The highest BCUT2D eigenvalue weighted by atomic mass is 16.7. The average molecular weight is 264 g/mol. The van der Waals surface area contributed by atoms with Crippen LogP contribution in [0.1, 0.15) is 42.5 Å². The van der Waals surface area contributed by atoms with Crippen LogP contribution in [0.3, 0.4) is 0 Å². The molecule has 0 unspecified atom stereocenters. The zero-order chi connectivity index (χ0) is 13.7. The minimum Gasteiger partial charge on any atom is -0.478 e. The third-order valence-electron chi connectivity index (χ3n) is 3.13. The van der Waals surface area contributed by atoms with E-state index in [2.05, 4.69) is 0 Å². The smallest absolute Gasteiger partial charge is 0.478 e. The molecule has 1 aliphatic rings. The first kappa shape index (κ1) is 13.4. The van der Waals surface area contributed by atoms with E-state index < -0.39 is 12.1 Å². The molecule has 5 heteroatoms. The Balaban J connectivity index is 1.96. The van der Waals surface area contributed by atoms with Crippen LogP contribution in [0.25, 0.3) is 0 Å². The van der Waals surface area contributed by atoms with Crippen LogP contribution >= 0.6 is 0 Å². The number of rotatable bonds is 3. The number of aromatic carboxylic acids is 1. The van der Waals surface area contributed by atoms with Crippen LogP contribution in [0.2, 0.25) is 0 Å². The Kier molecular flexibility index (Phi) is 4.39. The van der Waals surface area contributed by atoms with Crippen molar-refractivity contribution in [2.24, 2.45) is 0 Å². The molecule has 0 saturated heterocycles. The van der Waals surface area contributed by atoms with E-state index in [0.29, 0.717) is 0 Å². The van der Waals surface area contributed by atoms with Crippen molar-refractivity contribution in [1.82, 2.24) is 0 Å². The Morgan fingerprint density at radius 2 is 1.79 bits per heavy atom. The van der Waals surface area contributed by atoms with Crippen LogP contribution in [0.15, 0.2) is 24.3 Å². The Labute approximate surface area is 111 Å². The Morgan fingerprint density at radius 3 is 2.47 bits per heavy atom. The van der Waals surface area contributed by atoms with Gasteiger partial charge >= 0.3 is 12.1 Å². The lowest BCUT2D eigenvalue weighted by Gasteiger charge is -2.21. The molecule has 0 radical (unpaired) electrons. The fourth-order valence-electron chi connectivity index (χ4n) is 2.17. The van der Waals surface area contributed by atoms with Crippen molar-refractivity contribution >= 4 is 12.1 Å². The molecule has 102 valence electrons. The van der Waals surface area contributed by atoms with Gasteiger partial charge in [0.1, 0.15) is 17.4 Å². The van der Waals surface area contributed by atoms with Crippen molar-refractivity contribution in [2.45, 2.75) is 38.2 Å². The van der Waals surface area contributed by atoms with Crippen LogP contribution in [0, 0.1) is 0 Å². The molecule has 1 N–H and O–H groups in total. The van der Waals surface area contributed by atoms with Crippen molar-refractivity contribution < 1.29 is 24.2 Å². The van der Waals surface area contributed by atoms with Gasteiger partial charge in [0, 0.05) is 0 Å². The van der Waals surface area contributed by atoms with E-state index in [1.54, 1.807) is 12.1 Å². The van der Waals surface area contributed by atoms with E-state index in [9.17, 15) is 9.59 Å². The summed E-state index contributed by atoms with van der Waals surface area (Å²) in [6, 6.07) is 6.00. The summed E-state index contributed by atoms with van der Waals surface area (Å²) in [5.74, 6) is -1.13. The number of carbonyl (C=O) groups is 2. The Morgan fingerprint density at radius 1 is 1.11 bits per heavy atom. The number of hydrogen-bond acceptors (Lipinski definition) is 4. The third kappa shape index (κ3) is 3.71. The van der Waals surface area contributed by atoms with Gasteiger partial charge in [-0.25, -0.2) is 9.59 Å². The molecule has 0 bridgehead atoms. The molecular formula is C14H16O5. The highest BCUT2D eigenvalue weighted by molar-refractivity contribution is 5.91. The van der Waals surface area contributed by atoms with Crippen LogP contribution in [-0.2, 0) is 4.74 Å². The molecule has 1 fully saturated rings. The van der Waals surface area contributed by atoms with Gasteiger partial charge in [0.15, 0.2) is 0 Å². The molecule has 0 amide bonds. The lowest BCUT2D eigenvalue weighted by atomic mass is 9.98. The van der Waals surface area contributed by atoms with Gasteiger partial charge in [-0.2, -0.15) is 0 Å². The number of carboxylic acid groups (broad SMARTS) is 1. The highest BCUT2D eigenvalue weighted by Crippen LogP contribution is 2.22. The summed E-state index contributed by atoms with van der Waals surface area (Å²) in [6.45, 7) is 0. The first-order chi connectivity index (χ1) is 9.16. The Bertz CT molecular complexity index is 463. The topological polar surface area (TPSA) is 72.8 Å². The first-order valence-electron chi connectivity index (χ1n) is 6.37. The first-order valence-corrected chi connectivity index (χ1v) is 6.37. The number of hydrogen-bond donors (Lipinski definition) is 1. The predicted molar refractivity (Wildman–Crippen MR) is 67.4 cm³/mol. The van der Waals surface area contributed by atoms with Crippen molar-refractivity contribution in [3.63, 3.8) is 0 Å². The number of carboxylic acids is 1. The fourth-order valence-corrected chi connectivity index (χ4v) is 2.17. The summed E-state index contributed by atoms with van der Waals surface area (Å²) in [5, 5.41) is 8.97.